The van der Waals surface area contributed by atoms with E-state index in [2.05, 4.69) is 5.10 Å². The lowest BCUT2D eigenvalue weighted by molar-refractivity contribution is 0.587. The smallest absolute Gasteiger partial charge is 0.135 e. The third kappa shape index (κ3) is 1.63. The van der Waals surface area contributed by atoms with Gasteiger partial charge in [0.05, 0.1) is 11.3 Å². The molecule has 2 aromatic rings. The minimum absolute atomic E-state index is 0.0683. The molecule has 0 atom stereocenters. The Morgan fingerprint density at radius 3 is 2.27 bits per heavy atom. The van der Waals surface area contributed by atoms with Crippen molar-refractivity contribution >= 4 is 0 Å². The molecule has 2 rings (SSSR count). The quantitative estimate of drug-likeness (QED) is 0.704. The van der Waals surface area contributed by atoms with Crippen LogP contribution in [0.2, 0.25) is 0 Å². The number of rotatable bonds is 1. The first-order valence-electron chi connectivity index (χ1n) is 4.54. The maximum atomic E-state index is 13.4. The highest BCUT2D eigenvalue weighted by Crippen LogP contribution is 2.24. The Balaban J connectivity index is 2.63. The Morgan fingerprint density at radius 2 is 1.80 bits per heavy atom. The second-order valence-electron chi connectivity index (χ2n) is 3.39. The summed E-state index contributed by atoms with van der Waals surface area (Å²) in [7, 11) is 1.73. The molecule has 0 aliphatic carbocycles. The molecule has 0 saturated heterocycles. The van der Waals surface area contributed by atoms with Gasteiger partial charge in [0.15, 0.2) is 0 Å². The highest BCUT2D eigenvalue weighted by Gasteiger charge is 2.14. The van der Waals surface area contributed by atoms with Gasteiger partial charge in [-0.25, -0.2) is 8.78 Å². The molecule has 4 heteroatoms. The Bertz CT molecular complexity index is 464. The standard InChI is InChI=1S/C11H10F2N2/c1-7-6-10(14-15(7)2)11-8(12)4-3-5-9(11)13/h3-6H,1-2H3. The Hall–Kier alpha value is -1.71. The second kappa shape index (κ2) is 3.46. The van der Waals surface area contributed by atoms with Crippen LogP contribution in [0.3, 0.4) is 0 Å². The number of nitrogens with zero attached hydrogens (tertiary/aromatic N) is 2. The lowest BCUT2D eigenvalue weighted by atomic mass is 10.1. The van der Waals surface area contributed by atoms with E-state index >= 15 is 0 Å². The molecule has 0 amide bonds. The van der Waals surface area contributed by atoms with Crippen molar-refractivity contribution < 1.29 is 8.78 Å². The van der Waals surface area contributed by atoms with Crippen molar-refractivity contribution in [2.24, 2.45) is 7.05 Å². The average molecular weight is 208 g/mol. The summed E-state index contributed by atoms with van der Waals surface area (Å²) in [6.07, 6.45) is 0. The van der Waals surface area contributed by atoms with E-state index in [0.717, 1.165) is 5.69 Å². The molecular formula is C11H10F2N2. The van der Waals surface area contributed by atoms with Gasteiger partial charge in [0.2, 0.25) is 0 Å². The first-order chi connectivity index (χ1) is 7.09. The van der Waals surface area contributed by atoms with Gasteiger partial charge in [-0.05, 0) is 25.1 Å². The van der Waals surface area contributed by atoms with Gasteiger partial charge in [0.1, 0.15) is 11.6 Å². The first-order valence-corrected chi connectivity index (χ1v) is 4.54. The van der Waals surface area contributed by atoms with E-state index in [0.29, 0.717) is 5.69 Å². The number of aromatic nitrogens is 2. The molecule has 0 N–H and O–H groups in total. The number of aryl methyl sites for hydroxylation is 2. The van der Waals surface area contributed by atoms with Crippen LogP contribution in [0.4, 0.5) is 8.78 Å². The summed E-state index contributed by atoms with van der Waals surface area (Å²) < 4.78 is 28.4. The zero-order valence-corrected chi connectivity index (χ0v) is 8.46. The van der Waals surface area contributed by atoms with Gasteiger partial charge >= 0.3 is 0 Å². The maximum Gasteiger partial charge on any atom is 0.135 e. The number of halogens is 2. The van der Waals surface area contributed by atoms with E-state index in [4.69, 9.17) is 0 Å². The molecule has 0 fully saturated rings. The normalized spacial score (nSPS) is 10.7. The summed E-state index contributed by atoms with van der Waals surface area (Å²) >= 11 is 0. The molecule has 0 spiro atoms. The topological polar surface area (TPSA) is 17.8 Å². The third-order valence-corrected chi connectivity index (χ3v) is 2.33. The van der Waals surface area contributed by atoms with Crippen LogP contribution in [-0.4, -0.2) is 9.78 Å². The second-order valence-corrected chi connectivity index (χ2v) is 3.39. The van der Waals surface area contributed by atoms with E-state index in [1.807, 2.05) is 6.92 Å². The fourth-order valence-electron chi connectivity index (χ4n) is 1.43. The minimum Gasteiger partial charge on any atom is -0.272 e. The largest absolute Gasteiger partial charge is 0.272 e. The molecular weight excluding hydrogens is 198 g/mol. The summed E-state index contributed by atoms with van der Waals surface area (Å²) in [5, 5.41) is 4.04. The molecule has 0 unspecified atom stereocenters. The summed E-state index contributed by atoms with van der Waals surface area (Å²) in [6, 6.07) is 5.44. The molecule has 0 bridgehead atoms. The monoisotopic (exact) mass is 208 g/mol. The van der Waals surface area contributed by atoms with E-state index in [1.165, 1.54) is 18.2 Å². The Morgan fingerprint density at radius 1 is 1.20 bits per heavy atom. The van der Waals surface area contributed by atoms with Crippen molar-refractivity contribution in [2.45, 2.75) is 6.92 Å². The van der Waals surface area contributed by atoms with Gasteiger partial charge < -0.3 is 0 Å². The van der Waals surface area contributed by atoms with Gasteiger partial charge in [0.25, 0.3) is 0 Å². The SMILES string of the molecule is Cc1cc(-c2c(F)cccc2F)nn1C. The summed E-state index contributed by atoms with van der Waals surface area (Å²) in [5.41, 5.74) is 1.11. The van der Waals surface area contributed by atoms with Gasteiger partial charge in [-0.2, -0.15) is 5.10 Å². The average Bonchev–Trinajstić information content (AvgIpc) is 2.46. The van der Waals surface area contributed by atoms with Crippen LogP contribution >= 0.6 is 0 Å². The molecule has 1 aromatic carbocycles. The molecule has 0 aliphatic heterocycles. The zero-order valence-electron chi connectivity index (χ0n) is 8.46. The zero-order chi connectivity index (χ0) is 11.0. The number of benzene rings is 1. The fourth-order valence-corrected chi connectivity index (χ4v) is 1.43. The van der Waals surface area contributed by atoms with Gasteiger partial charge in [0, 0.05) is 12.7 Å². The van der Waals surface area contributed by atoms with E-state index in [-0.39, 0.29) is 5.56 Å². The van der Waals surface area contributed by atoms with Crippen molar-refractivity contribution in [3.63, 3.8) is 0 Å². The van der Waals surface area contributed by atoms with Crippen LogP contribution in [0.15, 0.2) is 24.3 Å². The summed E-state index contributed by atoms with van der Waals surface area (Å²) in [4.78, 5) is 0. The summed E-state index contributed by atoms with van der Waals surface area (Å²) in [5.74, 6) is -1.18. The fraction of sp³-hybridized carbons (Fsp3) is 0.182. The molecule has 0 radical (unpaired) electrons. The van der Waals surface area contributed by atoms with Crippen LogP contribution in [0, 0.1) is 18.6 Å². The highest BCUT2D eigenvalue weighted by molar-refractivity contribution is 5.60. The highest BCUT2D eigenvalue weighted by atomic mass is 19.1. The molecule has 1 aromatic heterocycles. The lowest BCUT2D eigenvalue weighted by Gasteiger charge is -2.00. The first kappa shape index (κ1) is 9.83. The van der Waals surface area contributed by atoms with Crippen molar-refractivity contribution in [3.8, 4) is 11.3 Å². The number of hydrogen-bond donors (Lipinski definition) is 0. The maximum absolute atomic E-state index is 13.4. The number of hydrogen-bond acceptors (Lipinski definition) is 1. The van der Waals surface area contributed by atoms with Crippen LogP contribution in [0.25, 0.3) is 11.3 Å². The van der Waals surface area contributed by atoms with Crippen LogP contribution < -0.4 is 0 Å². The molecule has 2 nitrogen and oxygen atoms in total. The van der Waals surface area contributed by atoms with E-state index < -0.39 is 11.6 Å². The van der Waals surface area contributed by atoms with Crippen molar-refractivity contribution in [3.05, 3.63) is 41.6 Å². The predicted molar refractivity (Wildman–Crippen MR) is 53.3 cm³/mol. The van der Waals surface area contributed by atoms with Crippen LogP contribution in [-0.2, 0) is 7.05 Å². The van der Waals surface area contributed by atoms with Gasteiger partial charge in [-0.15, -0.1) is 0 Å². The van der Waals surface area contributed by atoms with Crippen molar-refractivity contribution in [1.29, 1.82) is 0 Å². The molecule has 0 saturated carbocycles. The van der Waals surface area contributed by atoms with Crippen LogP contribution in [0.5, 0.6) is 0 Å². The van der Waals surface area contributed by atoms with E-state index in [9.17, 15) is 8.78 Å². The molecule has 1 heterocycles. The molecule has 0 aliphatic rings. The lowest BCUT2D eigenvalue weighted by Crippen LogP contribution is -1.94. The minimum atomic E-state index is -0.590. The Kier molecular flexibility index (Phi) is 2.26. The van der Waals surface area contributed by atoms with Crippen molar-refractivity contribution in [2.75, 3.05) is 0 Å². The van der Waals surface area contributed by atoms with Gasteiger partial charge in [-0.3, -0.25) is 4.68 Å². The summed E-state index contributed by atoms with van der Waals surface area (Å²) in [6.45, 7) is 1.83. The van der Waals surface area contributed by atoms with E-state index in [1.54, 1.807) is 17.8 Å². The molecule has 15 heavy (non-hydrogen) atoms. The Labute approximate surface area is 86.2 Å². The van der Waals surface area contributed by atoms with Gasteiger partial charge in [-0.1, -0.05) is 6.07 Å². The van der Waals surface area contributed by atoms with Crippen LogP contribution in [0.1, 0.15) is 5.69 Å². The third-order valence-electron chi connectivity index (χ3n) is 2.33. The van der Waals surface area contributed by atoms with Crippen molar-refractivity contribution in [1.82, 2.24) is 9.78 Å². The predicted octanol–water partition coefficient (Wildman–Crippen LogP) is 2.67. The molecule has 78 valence electrons.